The minimum absolute atomic E-state index is 0.0819. The molecule has 10 nitrogen and oxygen atoms in total. The third-order valence-electron chi connectivity index (χ3n) is 3.48. The van der Waals surface area contributed by atoms with Gasteiger partial charge in [-0.05, 0) is 26.2 Å². The fourth-order valence-corrected chi connectivity index (χ4v) is 2.86. The van der Waals surface area contributed by atoms with Gasteiger partial charge in [-0.15, -0.1) is 11.3 Å². The van der Waals surface area contributed by atoms with Crippen molar-refractivity contribution >= 4 is 29.0 Å². The molecule has 0 fully saturated rings. The second kappa shape index (κ2) is 7.27. The molecule has 144 valence electrons. The molecule has 0 aromatic carbocycles. The molecule has 0 saturated heterocycles. The first-order valence-electron chi connectivity index (χ1n) is 7.63. The number of carbonyl (C=O) groups excluding carboxylic acids is 2. The molecule has 0 unspecified atom stereocenters. The number of methoxy groups -OCH3 is 1. The second-order valence-corrected chi connectivity index (χ2v) is 7.42. The molecule has 0 bridgehead atoms. The average molecular weight is 395 g/mol. The molecule has 2 aromatic heterocycles. The van der Waals surface area contributed by atoms with Crippen molar-refractivity contribution in [3.05, 3.63) is 37.6 Å². The van der Waals surface area contributed by atoms with E-state index in [1.807, 2.05) is 0 Å². The Morgan fingerprint density at radius 3 is 2.48 bits per heavy atom. The Bertz CT molecular complexity index is 985. The van der Waals surface area contributed by atoms with E-state index in [0.29, 0.717) is 0 Å². The molecule has 0 amide bonds. The van der Waals surface area contributed by atoms with Gasteiger partial charge >= 0.3 is 11.9 Å². The predicted molar refractivity (Wildman–Crippen MR) is 95.9 cm³/mol. The van der Waals surface area contributed by atoms with Gasteiger partial charge in [0.25, 0.3) is 11.2 Å². The Kier molecular flexibility index (Phi) is 5.45. The lowest BCUT2D eigenvalue weighted by Crippen LogP contribution is -2.32. The highest BCUT2D eigenvalue weighted by Crippen LogP contribution is 2.34. The lowest BCUT2D eigenvalue weighted by molar-refractivity contribution is -0.383. The van der Waals surface area contributed by atoms with Gasteiger partial charge in [-0.2, -0.15) is 0 Å². The molecule has 2 heterocycles. The number of rotatable bonds is 4. The molecule has 0 spiro atoms. The largest absolute Gasteiger partial charge is 0.464 e. The number of nitrogens with zero attached hydrogens (tertiary/aromatic N) is 3. The normalized spacial score (nSPS) is 11.1. The van der Waals surface area contributed by atoms with Crippen LogP contribution in [0.1, 0.15) is 31.3 Å². The van der Waals surface area contributed by atoms with Gasteiger partial charge in [-0.25, -0.2) is 9.78 Å². The van der Waals surface area contributed by atoms with E-state index in [1.165, 1.54) is 18.5 Å². The van der Waals surface area contributed by atoms with Gasteiger partial charge in [0, 0.05) is 13.1 Å². The molecule has 0 N–H and O–H groups in total. The number of nitro groups is 1. The minimum atomic E-state index is -1.01. The molecule has 0 aliphatic carbocycles. The maximum absolute atomic E-state index is 12.7. The van der Waals surface area contributed by atoms with Crippen molar-refractivity contribution < 1.29 is 24.0 Å². The van der Waals surface area contributed by atoms with E-state index in [0.717, 1.165) is 23.0 Å². The Hall–Kier alpha value is -3.08. The molecule has 0 saturated carbocycles. The summed E-state index contributed by atoms with van der Waals surface area (Å²) in [6.07, 6.45) is 0. The summed E-state index contributed by atoms with van der Waals surface area (Å²) in [5, 5.41) is 12.6. The van der Waals surface area contributed by atoms with Crippen molar-refractivity contribution in [3.8, 4) is 16.5 Å². The van der Waals surface area contributed by atoms with E-state index in [4.69, 9.17) is 4.74 Å². The zero-order chi connectivity index (χ0) is 20.5. The van der Waals surface area contributed by atoms with E-state index in [-0.39, 0.29) is 16.4 Å². The van der Waals surface area contributed by atoms with Crippen LogP contribution in [0, 0.1) is 15.5 Å². The molecule has 27 heavy (non-hydrogen) atoms. The summed E-state index contributed by atoms with van der Waals surface area (Å²) in [5.74, 6) is -2.46. The zero-order valence-corrected chi connectivity index (χ0v) is 16.1. The van der Waals surface area contributed by atoms with Crippen LogP contribution in [0.2, 0.25) is 0 Å². The Morgan fingerprint density at radius 1 is 1.33 bits per heavy atom. The van der Waals surface area contributed by atoms with E-state index < -0.39 is 39.3 Å². The zero-order valence-electron chi connectivity index (χ0n) is 15.3. The highest BCUT2D eigenvalue weighted by molar-refractivity contribution is 7.14. The fourth-order valence-electron chi connectivity index (χ4n) is 1.97. The van der Waals surface area contributed by atoms with Gasteiger partial charge in [0.05, 0.1) is 17.4 Å². The smallest absolute Gasteiger partial charge is 0.360 e. The summed E-state index contributed by atoms with van der Waals surface area (Å²) in [6.45, 7) is 4.73. The lowest BCUT2D eigenvalue weighted by atomic mass is 9.97. The number of carbonyl (C=O) groups is 2. The van der Waals surface area contributed by atoms with Gasteiger partial charge < -0.3 is 9.47 Å². The van der Waals surface area contributed by atoms with Gasteiger partial charge in [0.2, 0.25) is 5.75 Å². The van der Waals surface area contributed by atoms with Crippen LogP contribution in [0.25, 0.3) is 10.7 Å². The van der Waals surface area contributed by atoms with E-state index in [9.17, 15) is 24.5 Å². The first kappa shape index (κ1) is 20.2. The summed E-state index contributed by atoms with van der Waals surface area (Å²) in [4.78, 5) is 51.7. The van der Waals surface area contributed by atoms with Crippen molar-refractivity contribution in [1.29, 1.82) is 0 Å². The third kappa shape index (κ3) is 3.87. The lowest BCUT2D eigenvalue weighted by Gasteiger charge is -2.18. The van der Waals surface area contributed by atoms with Crippen molar-refractivity contribution in [2.45, 2.75) is 20.8 Å². The summed E-state index contributed by atoms with van der Waals surface area (Å²) in [5.41, 5.74) is -2.58. The molecule has 11 heteroatoms. The number of hydrogen-bond acceptors (Lipinski definition) is 9. The third-order valence-corrected chi connectivity index (χ3v) is 4.38. The molecular weight excluding hydrogens is 378 g/mol. The Morgan fingerprint density at radius 2 is 1.96 bits per heavy atom. The van der Waals surface area contributed by atoms with Crippen molar-refractivity contribution in [1.82, 2.24) is 9.55 Å². The Labute approximate surface area is 157 Å². The summed E-state index contributed by atoms with van der Waals surface area (Å²) < 4.78 is 10.7. The predicted octanol–water partition coefficient (Wildman–Crippen LogP) is 2.16. The quantitative estimate of drug-likeness (QED) is 0.437. The number of ether oxygens (including phenoxy) is 2. The number of hydrogen-bond donors (Lipinski definition) is 0. The molecule has 0 aliphatic rings. The number of aromatic nitrogens is 2. The highest BCUT2D eigenvalue weighted by Gasteiger charge is 2.31. The highest BCUT2D eigenvalue weighted by atomic mass is 32.1. The van der Waals surface area contributed by atoms with Gasteiger partial charge in [0.15, 0.2) is 11.5 Å². The van der Waals surface area contributed by atoms with Crippen LogP contribution < -0.4 is 10.3 Å². The Balaban J connectivity index is 2.75. The minimum Gasteiger partial charge on any atom is -0.464 e. The summed E-state index contributed by atoms with van der Waals surface area (Å²) in [6, 6.07) is 1.26. The van der Waals surface area contributed by atoms with Crippen LogP contribution in [0.5, 0.6) is 5.75 Å². The SMILES string of the molecule is COC(=O)c1nc(-c2sccc2[N+](=O)[O-])n(C)c(=O)c1OC(=O)C(C)(C)C. The van der Waals surface area contributed by atoms with Crippen LogP contribution >= 0.6 is 11.3 Å². The van der Waals surface area contributed by atoms with Gasteiger partial charge in [-0.1, -0.05) is 0 Å². The van der Waals surface area contributed by atoms with Crippen LogP contribution in [0.3, 0.4) is 0 Å². The first-order valence-corrected chi connectivity index (χ1v) is 8.50. The first-order chi connectivity index (χ1) is 12.5. The van der Waals surface area contributed by atoms with E-state index in [2.05, 4.69) is 9.72 Å². The molecular formula is C16H17N3O7S. The second-order valence-electron chi connectivity index (χ2n) is 6.50. The summed E-state index contributed by atoms with van der Waals surface area (Å²) in [7, 11) is 2.38. The number of esters is 2. The van der Waals surface area contributed by atoms with Crippen molar-refractivity contribution in [2.75, 3.05) is 7.11 Å². The van der Waals surface area contributed by atoms with Crippen LogP contribution in [0.4, 0.5) is 5.69 Å². The van der Waals surface area contributed by atoms with Gasteiger partial charge in [0.1, 0.15) is 4.88 Å². The molecule has 2 rings (SSSR count). The molecule has 0 radical (unpaired) electrons. The molecule has 0 atom stereocenters. The molecule has 2 aromatic rings. The average Bonchev–Trinajstić information content (AvgIpc) is 3.07. The van der Waals surface area contributed by atoms with E-state index in [1.54, 1.807) is 20.8 Å². The number of thiophene rings is 1. The van der Waals surface area contributed by atoms with Crippen LogP contribution in [-0.4, -0.2) is 33.5 Å². The maximum Gasteiger partial charge on any atom is 0.360 e. The van der Waals surface area contributed by atoms with Crippen LogP contribution in [-0.2, 0) is 16.6 Å². The molecule has 0 aliphatic heterocycles. The monoisotopic (exact) mass is 395 g/mol. The van der Waals surface area contributed by atoms with E-state index >= 15 is 0 Å². The van der Waals surface area contributed by atoms with Crippen molar-refractivity contribution in [2.24, 2.45) is 12.5 Å². The topological polar surface area (TPSA) is 131 Å². The van der Waals surface area contributed by atoms with Crippen LogP contribution in [0.15, 0.2) is 16.2 Å². The summed E-state index contributed by atoms with van der Waals surface area (Å²) >= 11 is 0.982. The van der Waals surface area contributed by atoms with Gasteiger partial charge in [-0.3, -0.25) is 24.3 Å². The van der Waals surface area contributed by atoms with Crippen molar-refractivity contribution in [3.63, 3.8) is 0 Å². The standard InChI is InChI=1S/C16H17N3O7S/c1-16(2,3)15(22)26-10-9(14(21)25-5)17-12(18(4)13(10)20)11-8(19(23)24)6-7-27-11/h6-7H,1-5H3. The maximum atomic E-state index is 12.7. The fraction of sp³-hybridized carbons (Fsp3) is 0.375.